The number of halogens is 2. The summed E-state index contributed by atoms with van der Waals surface area (Å²) in [6.45, 7) is 1.05. The molecule has 9 nitrogen and oxygen atoms in total. The molecule has 2 aliphatic heterocycles. The second-order valence-electron chi connectivity index (χ2n) is 8.39. The Morgan fingerprint density at radius 3 is 2.67 bits per heavy atom. The molecule has 12 heteroatoms. The van der Waals surface area contributed by atoms with Gasteiger partial charge in [-0.05, 0) is 25.0 Å². The molecule has 4 heterocycles. The van der Waals surface area contributed by atoms with Crippen molar-refractivity contribution in [2.24, 2.45) is 5.16 Å². The van der Waals surface area contributed by atoms with Gasteiger partial charge in [-0.2, -0.15) is 4.98 Å². The van der Waals surface area contributed by atoms with E-state index in [0.717, 1.165) is 17.8 Å². The summed E-state index contributed by atoms with van der Waals surface area (Å²) in [6, 6.07) is 3.73. The van der Waals surface area contributed by atoms with Crippen LogP contribution in [0, 0.1) is 11.6 Å². The molecule has 1 amide bonds. The Labute approximate surface area is 209 Å². The zero-order valence-electron chi connectivity index (χ0n) is 19.4. The van der Waals surface area contributed by atoms with E-state index in [0.29, 0.717) is 30.4 Å². The molecule has 1 atom stereocenters. The molecule has 1 saturated heterocycles. The fraction of sp³-hybridized carbons (Fsp3) is 0.375. The summed E-state index contributed by atoms with van der Waals surface area (Å²) in [7, 11) is 1.48. The number of carbonyl (C=O) groups is 1. The number of ether oxygens (including phenoxy) is 2. The molecule has 36 heavy (non-hydrogen) atoms. The van der Waals surface area contributed by atoms with Gasteiger partial charge in [-0.1, -0.05) is 11.2 Å². The summed E-state index contributed by atoms with van der Waals surface area (Å²) in [4.78, 5) is 32.4. The molecule has 0 bridgehead atoms. The van der Waals surface area contributed by atoms with Gasteiger partial charge in [0.15, 0.2) is 12.7 Å². The minimum absolute atomic E-state index is 0.119. The van der Waals surface area contributed by atoms with Crippen LogP contribution in [0.2, 0.25) is 0 Å². The summed E-state index contributed by atoms with van der Waals surface area (Å²) < 4.78 is 38.7. The normalized spacial score (nSPS) is 18.0. The first-order valence-electron chi connectivity index (χ1n) is 11.4. The second-order valence-corrected chi connectivity index (χ2v) is 9.28. The van der Waals surface area contributed by atoms with Crippen LogP contribution in [0.3, 0.4) is 0 Å². The van der Waals surface area contributed by atoms with Gasteiger partial charge < -0.3 is 19.2 Å². The Morgan fingerprint density at radius 1 is 1.17 bits per heavy atom. The lowest BCUT2D eigenvalue weighted by atomic mass is 9.97. The van der Waals surface area contributed by atoms with E-state index < -0.39 is 17.7 Å². The molecule has 3 aromatic rings. The largest absolute Gasteiger partial charge is 0.480 e. The van der Waals surface area contributed by atoms with E-state index in [1.165, 1.54) is 49.0 Å². The molecule has 1 aromatic carbocycles. The molecule has 0 aliphatic carbocycles. The van der Waals surface area contributed by atoms with E-state index in [-0.39, 0.29) is 36.3 Å². The first-order valence-corrected chi connectivity index (χ1v) is 12.3. The van der Waals surface area contributed by atoms with Crippen LogP contribution in [0.4, 0.5) is 8.78 Å². The van der Waals surface area contributed by atoms with Gasteiger partial charge in [0.1, 0.15) is 17.3 Å². The van der Waals surface area contributed by atoms with Crippen LogP contribution in [0.1, 0.15) is 47.5 Å². The number of nitrogens with zero attached hydrogens (tertiary/aromatic N) is 5. The summed E-state index contributed by atoms with van der Waals surface area (Å²) >= 11 is 1.52. The predicted octanol–water partition coefficient (Wildman–Crippen LogP) is 3.87. The van der Waals surface area contributed by atoms with Crippen molar-refractivity contribution in [1.29, 1.82) is 0 Å². The standard InChI is InChI=1S/C24H23F2N5O4S/c1-33-20-10-27-11-21(29-20)34-12-22(32)31-7-5-14(6-8-31)24-28-18(13-36-24)17-9-19(35-30-17)23-15(25)3-2-4-16(23)26/h2-4,10-11,13-14,19H,5-9,12H2,1H3. The first kappa shape index (κ1) is 24.0. The zero-order valence-corrected chi connectivity index (χ0v) is 20.2. The number of benzene rings is 1. The van der Waals surface area contributed by atoms with Crippen molar-refractivity contribution in [2.45, 2.75) is 31.3 Å². The lowest BCUT2D eigenvalue weighted by Crippen LogP contribution is -2.40. The molecule has 2 aromatic heterocycles. The molecule has 0 N–H and O–H groups in total. The topological polar surface area (TPSA) is 99.0 Å². The Bertz CT molecular complexity index is 1260. The molecule has 0 saturated carbocycles. The second kappa shape index (κ2) is 10.5. The molecule has 0 spiro atoms. The molecule has 1 fully saturated rings. The molecule has 1 unspecified atom stereocenters. The van der Waals surface area contributed by atoms with Crippen LogP contribution in [0.5, 0.6) is 11.8 Å². The quantitative estimate of drug-likeness (QED) is 0.471. The van der Waals surface area contributed by atoms with Gasteiger partial charge in [0.05, 0.1) is 35.8 Å². The lowest BCUT2D eigenvalue weighted by Gasteiger charge is -2.31. The van der Waals surface area contributed by atoms with Crippen molar-refractivity contribution in [1.82, 2.24) is 19.9 Å². The van der Waals surface area contributed by atoms with E-state index in [4.69, 9.17) is 19.3 Å². The van der Waals surface area contributed by atoms with Crippen molar-refractivity contribution in [3.8, 4) is 11.8 Å². The fourth-order valence-corrected chi connectivity index (χ4v) is 5.21. The Balaban J connectivity index is 1.13. The van der Waals surface area contributed by atoms with E-state index in [9.17, 15) is 13.6 Å². The molecular weight excluding hydrogens is 492 g/mol. The van der Waals surface area contributed by atoms with Gasteiger partial charge in [-0.15, -0.1) is 11.3 Å². The highest BCUT2D eigenvalue weighted by molar-refractivity contribution is 7.10. The minimum atomic E-state index is -0.814. The number of oxime groups is 1. The zero-order chi connectivity index (χ0) is 25.1. The van der Waals surface area contributed by atoms with Crippen molar-refractivity contribution in [3.05, 3.63) is 63.9 Å². The van der Waals surface area contributed by atoms with Crippen LogP contribution in [-0.4, -0.2) is 58.3 Å². The average Bonchev–Trinajstić information content (AvgIpc) is 3.58. The van der Waals surface area contributed by atoms with E-state index in [1.807, 2.05) is 5.38 Å². The number of aromatic nitrogens is 3. The Hall–Kier alpha value is -3.67. The van der Waals surface area contributed by atoms with Crippen LogP contribution in [0.25, 0.3) is 0 Å². The van der Waals surface area contributed by atoms with Crippen molar-refractivity contribution >= 4 is 23.0 Å². The molecule has 0 radical (unpaired) electrons. The predicted molar refractivity (Wildman–Crippen MR) is 126 cm³/mol. The van der Waals surface area contributed by atoms with Crippen LogP contribution >= 0.6 is 11.3 Å². The molecule has 188 valence electrons. The summed E-state index contributed by atoms with van der Waals surface area (Å²) in [5, 5.41) is 6.87. The summed E-state index contributed by atoms with van der Waals surface area (Å²) in [6.07, 6.45) is 3.85. The number of amides is 1. The highest BCUT2D eigenvalue weighted by atomic mass is 32.1. The van der Waals surface area contributed by atoms with Crippen molar-refractivity contribution in [2.75, 3.05) is 26.8 Å². The maximum atomic E-state index is 14.1. The van der Waals surface area contributed by atoms with Crippen molar-refractivity contribution < 1.29 is 27.9 Å². The third-order valence-corrected chi connectivity index (χ3v) is 7.16. The third-order valence-electron chi connectivity index (χ3n) is 6.15. The SMILES string of the molecule is COc1cncc(OCC(=O)N2CCC(c3nc(C4=NOC(c5c(F)cccc5F)C4)cs3)CC2)n1. The number of hydrogen-bond donors (Lipinski definition) is 0. The summed E-state index contributed by atoms with van der Waals surface area (Å²) in [5.41, 5.74) is 1.10. The number of rotatable bonds is 7. The number of methoxy groups -OCH3 is 1. The van der Waals surface area contributed by atoms with Gasteiger partial charge in [0, 0.05) is 30.8 Å². The monoisotopic (exact) mass is 515 g/mol. The van der Waals surface area contributed by atoms with Gasteiger partial charge >= 0.3 is 0 Å². The third kappa shape index (κ3) is 5.13. The van der Waals surface area contributed by atoms with Crippen LogP contribution in [0.15, 0.2) is 41.1 Å². The van der Waals surface area contributed by atoms with Gasteiger partial charge in [-0.3, -0.25) is 9.78 Å². The first-order chi connectivity index (χ1) is 17.5. The van der Waals surface area contributed by atoms with Crippen LogP contribution < -0.4 is 9.47 Å². The smallest absolute Gasteiger partial charge is 0.260 e. The van der Waals surface area contributed by atoms with E-state index >= 15 is 0 Å². The number of piperidine rings is 1. The number of carbonyl (C=O) groups excluding carboxylic acids is 1. The highest BCUT2D eigenvalue weighted by Crippen LogP contribution is 2.35. The Morgan fingerprint density at radius 2 is 1.92 bits per heavy atom. The maximum Gasteiger partial charge on any atom is 0.260 e. The van der Waals surface area contributed by atoms with Gasteiger partial charge in [0.2, 0.25) is 11.8 Å². The number of hydrogen-bond acceptors (Lipinski definition) is 9. The Kier molecular flexibility index (Phi) is 7.03. The van der Waals surface area contributed by atoms with Crippen molar-refractivity contribution in [3.63, 3.8) is 0 Å². The molecule has 5 rings (SSSR count). The van der Waals surface area contributed by atoms with Gasteiger partial charge in [-0.25, -0.2) is 13.8 Å². The number of thiazole rings is 1. The summed E-state index contributed by atoms with van der Waals surface area (Å²) in [5.74, 6) is -0.681. The lowest BCUT2D eigenvalue weighted by molar-refractivity contribution is -0.134. The average molecular weight is 516 g/mol. The van der Waals surface area contributed by atoms with E-state index in [1.54, 1.807) is 4.90 Å². The number of likely N-dealkylation sites (tertiary alicyclic amines) is 1. The fourth-order valence-electron chi connectivity index (χ4n) is 4.21. The molecular formula is C24H23F2N5O4S. The molecule has 2 aliphatic rings. The van der Waals surface area contributed by atoms with Gasteiger partial charge in [0.25, 0.3) is 5.91 Å². The highest BCUT2D eigenvalue weighted by Gasteiger charge is 2.31. The van der Waals surface area contributed by atoms with E-state index in [2.05, 4.69) is 15.1 Å². The van der Waals surface area contributed by atoms with Crippen LogP contribution in [-0.2, 0) is 9.63 Å². The maximum absolute atomic E-state index is 14.1. The minimum Gasteiger partial charge on any atom is -0.480 e.